The number of hydrogen-bond donors (Lipinski definition) is 0. The van der Waals surface area contributed by atoms with E-state index in [-0.39, 0.29) is 36.1 Å². The van der Waals surface area contributed by atoms with Gasteiger partial charge in [0.15, 0.2) is 0 Å². The summed E-state index contributed by atoms with van der Waals surface area (Å²) in [6, 6.07) is 8.92. The van der Waals surface area contributed by atoms with Crippen LogP contribution in [-0.4, -0.2) is 18.4 Å². The summed E-state index contributed by atoms with van der Waals surface area (Å²) >= 11 is 0. The molecule has 0 bridgehead atoms. The first kappa shape index (κ1) is 15.7. The van der Waals surface area contributed by atoms with Crippen molar-refractivity contribution in [3.8, 4) is 0 Å². The minimum Gasteiger partial charge on any atom is -0.461 e. The number of ether oxygens (including phenoxy) is 1. The van der Waals surface area contributed by atoms with Crippen LogP contribution in [0.3, 0.4) is 0 Å². The van der Waals surface area contributed by atoms with Gasteiger partial charge in [0.2, 0.25) is 0 Å². The molecule has 3 heteroatoms. The normalized spacial score (nSPS) is 25.9. The molecule has 0 aromatic heterocycles. The summed E-state index contributed by atoms with van der Waals surface area (Å²) in [7, 11) is 0. The predicted octanol–water partition coefficient (Wildman–Crippen LogP) is 3.73. The summed E-state index contributed by atoms with van der Waals surface area (Å²) < 4.78 is 5.38. The van der Waals surface area contributed by atoms with Gasteiger partial charge in [0, 0.05) is 5.92 Å². The van der Waals surface area contributed by atoms with Gasteiger partial charge in [0.25, 0.3) is 0 Å². The van der Waals surface area contributed by atoms with Crippen molar-refractivity contribution in [1.29, 1.82) is 0 Å². The summed E-state index contributed by atoms with van der Waals surface area (Å²) in [5.74, 6) is 0.528. The molecule has 114 valence electrons. The van der Waals surface area contributed by atoms with Crippen molar-refractivity contribution in [1.82, 2.24) is 0 Å². The van der Waals surface area contributed by atoms with Crippen molar-refractivity contribution in [2.75, 3.05) is 6.61 Å². The SMILES string of the molecule is CC(C)[C@@H]1CC[C@H](C)[C@H](COC(=O)c2ccccc2)C1=O. The third-order valence-electron chi connectivity index (χ3n) is 4.56. The summed E-state index contributed by atoms with van der Waals surface area (Å²) in [4.78, 5) is 24.5. The maximum Gasteiger partial charge on any atom is 0.338 e. The van der Waals surface area contributed by atoms with Crippen LogP contribution in [0.1, 0.15) is 44.0 Å². The molecule has 1 aromatic rings. The Labute approximate surface area is 126 Å². The molecule has 0 heterocycles. The van der Waals surface area contributed by atoms with Gasteiger partial charge in [-0.2, -0.15) is 0 Å². The second-order valence-electron chi connectivity index (χ2n) is 6.38. The molecule has 1 aliphatic carbocycles. The van der Waals surface area contributed by atoms with Crippen molar-refractivity contribution in [3.05, 3.63) is 35.9 Å². The van der Waals surface area contributed by atoms with Crippen molar-refractivity contribution in [2.45, 2.75) is 33.6 Å². The summed E-state index contributed by atoms with van der Waals surface area (Å²) in [5.41, 5.74) is 0.536. The molecule has 1 aromatic carbocycles. The average Bonchev–Trinajstić information content (AvgIpc) is 2.47. The van der Waals surface area contributed by atoms with E-state index in [2.05, 4.69) is 20.8 Å². The van der Waals surface area contributed by atoms with Gasteiger partial charge in [-0.1, -0.05) is 39.0 Å². The Bertz CT molecular complexity index is 492. The molecule has 0 spiro atoms. The number of benzene rings is 1. The van der Waals surface area contributed by atoms with Gasteiger partial charge in [-0.3, -0.25) is 4.79 Å². The van der Waals surface area contributed by atoms with Crippen LogP contribution >= 0.6 is 0 Å². The Morgan fingerprint density at radius 3 is 2.52 bits per heavy atom. The minimum absolute atomic E-state index is 0.113. The molecule has 21 heavy (non-hydrogen) atoms. The second-order valence-corrected chi connectivity index (χ2v) is 6.38. The molecule has 0 N–H and O–H groups in total. The first-order valence-electron chi connectivity index (χ1n) is 7.76. The van der Waals surface area contributed by atoms with Crippen LogP contribution in [0.25, 0.3) is 0 Å². The van der Waals surface area contributed by atoms with Gasteiger partial charge in [0.05, 0.1) is 11.5 Å². The smallest absolute Gasteiger partial charge is 0.338 e. The quantitative estimate of drug-likeness (QED) is 0.793. The fourth-order valence-corrected chi connectivity index (χ4v) is 3.07. The van der Waals surface area contributed by atoms with Crippen LogP contribution in [0, 0.1) is 23.7 Å². The van der Waals surface area contributed by atoms with Crippen LogP contribution in [0.2, 0.25) is 0 Å². The van der Waals surface area contributed by atoms with E-state index in [4.69, 9.17) is 4.74 Å². The monoisotopic (exact) mass is 288 g/mol. The van der Waals surface area contributed by atoms with Crippen molar-refractivity contribution >= 4 is 11.8 Å². The highest BCUT2D eigenvalue weighted by atomic mass is 16.5. The predicted molar refractivity (Wildman–Crippen MR) is 81.9 cm³/mol. The molecule has 0 amide bonds. The molecule has 1 fully saturated rings. The van der Waals surface area contributed by atoms with Gasteiger partial charge in [0.1, 0.15) is 12.4 Å². The Hall–Kier alpha value is -1.64. The van der Waals surface area contributed by atoms with E-state index in [1.165, 1.54) is 0 Å². The van der Waals surface area contributed by atoms with Crippen LogP contribution in [0.15, 0.2) is 30.3 Å². The zero-order valence-corrected chi connectivity index (χ0v) is 13.0. The largest absolute Gasteiger partial charge is 0.461 e. The van der Waals surface area contributed by atoms with Crippen LogP contribution in [0.4, 0.5) is 0 Å². The second kappa shape index (κ2) is 6.88. The Morgan fingerprint density at radius 2 is 1.90 bits per heavy atom. The van der Waals surface area contributed by atoms with Gasteiger partial charge in [-0.15, -0.1) is 0 Å². The van der Waals surface area contributed by atoms with Crippen LogP contribution in [0.5, 0.6) is 0 Å². The lowest BCUT2D eigenvalue weighted by Gasteiger charge is -2.34. The molecule has 1 saturated carbocycles. The van der Waals surface area contributed by atoms with Gasteiger partial charge in [-0.25, -0.2) is 4.79 Å². The lowest BCUT2D eigenvalue weighted by atomic mass is 9.70. The number of esters is 1. The molecular formula is C18H24O3. The molecule has 3 nitrogen and oxygen atoms in total. The maximum atomic E-state index is 12.5. The highest BCUT2D eigenvalue weighted by molar-refractivity contribution is 5.90. The highest BCUT2D eigenvalue weighted by Gasteiger charge is 2.37. The summed E-state index contributed by atoms with van der Waals surface area (Å²) in [6.07, 6.45) is 1.99. The molecule has 0 unspecified atom stereocenters. The van der Waals surface area contributed by atoms with Crippen LogP contribution in [-0.2, 0) is 9.53 Å². The molecule has 0 saturated heterocycles. The average molecular weight is 288 g/mol. The van der Waals surface area contributed by atoms with Crippen LogP contribution < -0.4 is 0 Å². The van der Waals surface area contributed by atoms with Crippen molar-refractivity contribution in [2.24, 2.45) is 23.7 Å². The topological polar surface area (TPSA) is 43.4 Å². The van der Waals surface area contributed by atoms with Crippen molar-refractivity contribution in [3.63, 3.8) is 0 Å². The third kappa shape index (κ3) is 3.72. The fourth-order valence-electron chi connectivity index (χ4n) is 3.07. The Morgan fingerprint density at radius 1 is 1.24 bits per heavy atom. The van der Waals surface area contributed by atoms with E-state index >= 15 is 0 Å². The first-order valence-corrected chi connectivity index (χ1v) is 7.76. The van der Waals surface area contributed by atoms with Crippen molar-refractivity contribution < 1.29 is 14.3 Å². The minimum atomic E-state index is -0.345. The fraction of sp³-hybridized carbons (Fsp3) is 0.556. The van der Waals surface area contributed by atoms with E-state index in [9.17, 15) is 9.59 Å². The summed E-state index contributed by atoms with van der Waals surface area (Å²) in [5, 5.41) is 0. The first-order chi connectivity index (χ1) is 10.0. The molecule has 3 atom stereocenters. The standard InChI is InChI=1S/C18H24O3/c1-12(2)15-10-9-13(3)16(17(15)19)11-21-18(20)14-7-5-4-6-8-14/h4-8,12-13,15-16H,9-11H2,1-3H3/t13-,15-,16-/m0/s1. The number of hydrogen-bond acceptors (Lipinski definition) is 3. The Balaban J connectivity index is 1.97. The number of Topliss-reactive ketones (excluding diaryl/α,β-unsaturated/α-hetero) is 1. The lowest BCUT2D eigenvalue weighted by molar-refractivity contribution is -0.134. The lowest BCUT2D eigenvalue weighted by Crippen LogP contribution is -2.39. The molecule has 1 aliphatic rings. The number of rotatable bonds is 4. The Kier molecular flexibility index (Phi) is 5.16. The molecule has 2 rings (SSSR count). The number of carbonyl (C=O) groups is 2. The van der Waals surface area contributed by atoms with E-state index in [0.717, 1.165) is 12.8 Å². The number of ketones is 1. The molecular weight excluding hydrogens is 264 g/mol. The van der Waals surface area contributed by atoms with E-state index < -0.39 is 0 Å². The number of carbonyl (C=O) groups excluding carboxylic acids is 2. The van der Waals surface area contributed by atoms with E-state index in [1.54, 1.807) is 24.3 Å². The maximum absolute atomic E-state index is 12.5. The molecule has 0 aliphatic heterocycles. The zero-order valence-electron chi connectivity index (χ0n) is 13.0. The highest BCUT2D eigenvalue weighted by Crippen LogP contribution is 2.34. The molecule has 0 radical (unpaired) electrons. The van der Waals surface area contributed by atoms with Gasteiger partial charge < -0.3 is 4.74 Å². The van der Waals surface area contributed by atoms with E-state index in [0.29, 0.717) is 11.5 Å². The van der Waals surface area contributed by atoms with E-state index in [1.807, 2.05) is 6.07 Å². The van der Waals surface area contributed by atoms with Gasteiger partial charge in [-0.05, 0) is 36.8 Å². The summed E-state index contributed by atoms with van der Waals surface area (Å²) in [6.45, 7) is 6.46. The zero-order chi connectivity index (χ0) is 15.4. The third-order valence-corrected chi connectivity index (χ3v) is 4.56. The van der Waals surface area contributed by atoms with Gasteiger partial charge >= 0.3 is 5.97 Å².